The average molecular weight is 513 g/mol. The Bertz CT molecular complexity index is 1510. The Morgan fingerprint density at radius 2 is 1.86 bits per heavy atom. The minimum absolute atomic E-state index is 0.0779. The number of ether oxygens (including phenoxy) is 3. The molecule has 0 saturated carbocycles. The summed E-state index contributed by atoms with van der Waals surface area (Å²) in [5.74, 6) is 1.58. The summed E-state index contributed by atoms with van der Waals surface area (Å²) in [4.78, 5) is 16.7. The highest BCUT2D eigenvalue weighted by Gasteiger charge is 2.28. The predicted molar refractivity (Wildman–Crippen MR) is 134 cm³/mol. The summed E-state index contributed by atoms with van der Waals surface area (Å²) in [6.45, 7) is 3.21. The molecule has 4 aromatic rings. The molecule has 35 heavy (non-hydrogen) atoms. The van der Waals surface area contributed by atoms with E-state index in [1.807, 2.05) is 30.5 Å². The molecule has 3 heterocycles. The fraction of sp³-hybridized carbons (Fsp3) is 0.240. The van der Waals surface area contributed by atoms with E-state index in [2.05, 4.69) is 4.98 Å². The minimum Gasteiger partial charge on any atom is -0.494 e. The highest BCUT2D eigenvalue weighted by Crippen LogP contribution is 2.34. The minimum atomic E-state index is -3.97. The molecule has 0 fully saturated rings. The lowest BCUT2D eigenvalue weighted by Gasteiger charge is -2.23. The Morgan fingerprint density at radius 3 is 2.63 bits per heavy atom. The number of H-pyrrole nitrogens is 1. The fourth-order valence-electron chi connectivity index (χ4n) is 3.93. The quantitative estimate of drug-likeness (QED) is 0.381. The molecule has 0 radical (unpaired) electrons. The molecule has 0 spiro atoms. The van der Waals surface area contributed by atoms with Crippen LogP contribution in [0.15, 0.2) is 69.7 Å². The van der Waals surface area contributed by atoms with Crippen molar-refractivity contribution in [2.24, 2.45) is 0 Å². The van der Waals surface area contributed by atoms with Crippen LogP contribution in [0.1, 0.15) is 17.4 Å². The molecule has 2 aromatic carbocycles. The number of aromatic nitrogens is 1. The normalized spacial score (nSPS) is 13.3. The van der Waals surface area contributed by atoms with Crippen LogP contribution in [0.25, 0.3) is 10.9 Å². The monoisotopic (exact) mass is 512 g/mol. The number of nitrogens with zero attached hydrogens (tertiary/aromatic N) is 1. The predicted octanol–water partition coefficient (Wildman–Crippen LogP) is 4.15. The Hall–Kier alpha value is -3.34. The van der Waals surface area contributed by atoms with Gasteiger partial charge < -0.3 is 19.2 Å². The van der Waals surface area contributed by atoms with Crippen LogP contribution in [0.5, 0.6) is 17.2 Å². The second-order valence-corrected chi connectivity index (χ2v) is 10.9. The summed E-state index contributed by atoms with van der Waals surface area (Å²) in [6, 6.07) is 15.4. The molecule has 0 bridgehead atoms. The zero-order chi connectivity index (χ0) is 24.4. The van der Waals surface area contributed by atoms with Gasteiger partial charge in [0.2, 0.25) is 10.0 Å². The van der Waals surface area contributed by atoms with Gasteiger partial charge in [-0.05, 0) is 54.8 Å². The molecule has 0 saturated heterocycles. The molecule has 0 atom stereocenters. The Labute approximate surface area is 206 Å². The van der Waals surface area contributed by atoms with Gasteiger partial charge in [0, 0.05) is 40.5 Å². The van der Waals surface area contributed by atoms with E-state index >= 15 is 0 Å². The van der Waals surface area contributed by atoms with Crippen molar-refractivity contribution in [3.05, 3.63) is 80.8 Å². The molecule has 1 aliphatic rings. The van der Waals surface area contributed by atoms with Crippen LogP contribution in [-0.2, 0) is 23.1 Å². The van der Waals surface area contributed by atoms with Crippen LogP contribution in [-0.4, -0.2) is 37.5 Å². The molecule has 2 aromatic heterocycles. The zero-order valence-corrected chi connectivity index (χ0v) is 20.7. The van der Waals surface area contributed by atoms with Crippen molar-refractivity contribution in [3.8, 4) is 17.2 Å². The van der Waals surface area contributed by atoms with Crippen molar-refractivity contribution in [2.75, 3.05) is 19.8 Å². The van der Waals surface area contributed by atoms with E-state index in [9.17, 15) is 13.2 Å². The van der Waals surface area contributed by atoms with Gasteiger partial charge in [0.05, 0.1) is 11.5 Å². The van der Waals surface area contributed by atoms with Gasteiger partial charge in [-0.1, -0.05) is 6.07 Å². The summed E-state index contributed by atoms with van der Waals surface area (Å²) < 4.78 is 45.5. The molecule has 10 heteroatoms. The van der Waals surface area contributed by atoms with E-state index in [0.717, 1.165) is 10.3 Å². The number of rotatable bonds is 8. The number of hydrogen-bond acceptors (Lipinski definition) is 7. The number of fused-ring (bicyclic) bond motifs is 2. The molecular weight excluding hydrogens is 488 g/mol. The lowest BCUT2D eigenvalue weighted by Crippen LogP contribution is -2.32. The number of aromatic amines is 1. The first kappa shape index (κ1) is 23.4. The fourth-order valence-corrected chi connectivity index (χ4v) is 6.14. The van der Waals surface area contributed by atoms with E-state index in [-0.39, 0.29) is 23.5 Å². The SMILES string of the molecule is CCOc1ccc2[nH]c(=O)c(CN(Cc3cccs3)S(=O)(=O)c3ccc4c(c3)OCCO4)cc2c1. The van der Waals surface area contributed by atoms with Gasteiger partial charge >= 0.3 is 0 Å². The van der Waals surface area contributed by atoms with Crippen molar-refractivity contribution in [3.63, 3.8) is 0 Å². The zero-order valence-electron chi connectivity index (χ0n) is 19.0. The van der Waals surface area contributed by atoms with Crippen molar-refractivity contribution in [2.45, 2.75) is 24.9 Å². The first-order chi connectivity index (χ1) is 16.9. The van der Waals surface area contributed by atoms with Gasteiger partial charge in [0.1, 0.15) is 19.0 Å². The number of benzene rings is 2. The van der Waals surface area contributed by atoms with E-state index in [1.54, 1.807) is 24.3 Å². The van der Waals surface area contributed by atoms with Gasteiger partial charge in [-0.3, -0.25) is 4.79 Å². The first-order valence-corrected chi connectivity index (χ1v) is 13.5. The maximum absolute atomic E-state index is 13.8. The van der Waals surface area contributed by atoms with Crippen LogP contribution >= 0.6 is 11.3 Å². The summed E-state index contributed by atoms with van der Waals surface area (Å²) in [5.41, 5.74) is 0.653. The average Bonchev–Trinajstić information content (AvgIpc) is 3.37. The highest BCUT2D eigenvalue weighted by molar-refractivity contribution is 7.89. The molecule has 0 unspecified atom stereocenters. The van der Waals surface area contributed by atoms with Gasteiger partial charge in [-0.25, -0.2) is 8.42 Å². The largest absolute Gasteiger partial charge is 0.494 e. The van der Waals surface area contributed by atoms with Crippen LogP contribution in [0.2, 0.25) is 0 Å². The Kier molecular flexibility index (Phi) is 6.50. The van der Waals surface area contributed by atoms with E-state index < -0.39 is 10.0 Å². The number of sulfonamides is 1. The van der Waals surface area contributed by atoms with Crippen LogP contribution in [0.4, 0.5) is 0 Å². The number of hydrogen-bond donors (Lipinski definition) is 1. The van der Waals surface area contributed by atoms with Crippen molar-refractivity contribution >= 4 is 32.3 Å². The molecule has 0 aliphatic carbocycles. The topological polar surface area (TPSA) is 97.9 Å². The molecule has 1 N–H and O–H groups in total. The summed E-state index contributed by atoms with van der Waals surface area (Å²) >= 11 is 1.46. The van der Waals surface area contributed by atoms with E-state index in [1.165, 1.54) is 27.8 Å². The summed E-state index contributed by atoms with van der Waals surface area (Å²) in [6.07, 6.45) is 0. The number of pyridine rings is 1. The van der Waals surface area contributed by atoms with Crippen molar-refractivity contribution in [1.82, 2.24) is 9.29 Å². The van der Waals surface area contributed by atoms with Crippen molar-refractivity contribution in [1.29, 1.82) is 0 Å². The van der Waals surface area contributed by atoms with Crippen LogP contribution < -0.4 is 19.8 Å². The standard InChI is InChI=1S/C25H24N2O6S2/c1-2-31-19-5-7-22-17(13-19)12-18(25(28)26-22)15-27(16-20-4-3-11-34-20)35(29,30)21-6-8-23-24(14-21)33-10-9-32-23/h3-8,11-14H,2,9-10,15-16H2,1H3,(H,26,28). The molecule has 8 nitrogen and oxygen atoms in total. The maximum atomic E-state index is 13.8. The first-order valence-electron chi connectivity index (χ1n) is 11.1. The number of nitrogens with one attached hydrogen (secondary N) is 1. The van der Waals surface area contributed by atoms with Crippen LogP contribution in [0, 0.1) is 0 Å². The number of thiophene rings is 1. The van der Waals surface area contributed by atoms with Gasteiger partial charge in [-0.2, -0.15) is 4.31 Å². The second kappa shape index (κ2) is 9.73. The Morgan fingerprint density at radius 1 is 1.03 bits per heavy atom. The third-order valence-electron chi connectivity index (χ3n) is 5.61. The van der Waals surface area contributed by atoms with E-state index in [0.29, 0.717) is 48.1 Å². The smallest absolute Gasteiger partial charge is 0.252 e. The van der Waals surface area contributed by atoms with Crippen molar-refractivity contribution < 1.29 is 22.6 Å². The third-order valence-corrected chi connectivity index (χ3v) is 8.26. The maximum Gasteiger partial charge on any atom is 0.252 e. The van der Waals surface area contributed by atoms with Gasteiger partial charge in [0.25, 0.3) is 5.56 Å². The summed E-state index contributed by atoms with van der Waals surface area (Å²) in [5, 5.41) is 2.65. The van der Waals surface area contributed by atoms with E-state index in [4.69, 9.17) is 14.2 Å². The molecule has 1 aliphatic heterocycles. The molecule has 182 valence electrons. The Balaban J connectivity index is 1.54. The van der Waals surface area contributed by atoms with Crippen LogP contribution in [0.3, 0.4) is 0 Å². The molecular formula is C25H24N2O6S2. The molecule has 5 rings (SSSR count). The molecule has 0 amide bonds. The highest BCUT2D eigenvalue weighted by atomic mass is 32.2. The van der Waals surface area contributed by atoms with Gasteiger partial charge in [-0.15, -0.1) is 11.3 Å². The lowest BCUT2D eigenvalue weighted by atomic mass is 10.1. The lowest BCUT2D eigenvalue weighted by molar-refractivity contribution is 0.171. The summed E-state index contributed by atoms with van der Waals surface area (Å²) in [7, 11) is -3.97. The van der Waals surface area contributed by atoms with Gasteiger partial charge in [0.15, 0.2) is 11.5 Å². The third kappa shape index (κ3) is 4.90. The second-order valence-electron chi connectivity index (χ2n) is 7.96.